The number of hydrogen-bond donors (Lipinski definition) is 0. The van der Waals surface area contributed by atoms with Gasteiger partial charge in [-0.1, -0.05) is 18.2 Å². The predicted molar refractivity (Wildman–Crippen MR) is 74.1 cm³/mol. The number of carbonyl (C=O) groups excluding carboxylic acids is 1. The monoisotopic (exact) mass is 266 g/mol. The van der Waals surface area contributed by atoms with Crippen molar-refractivity contribution in [2.75, 3.05) is 0 Å². The van der Waals surface area contributed by atoms with Crippen LogP contribution < -0.4 is 0 Å². The van der Waals surface area contributed by atoms with Gasteiger partial charge in [0.25, 0.3) is 0 Å². The molecule has 0 saturated heterocycles. The second-order valence-electron chi connectivity index (χ2n) is 4.52. The molecular formula is C16H11FN2O. The van der Waals surface area contributed by atoms with Crippen LogP contribution in [0.5, 0.6) is 0 Å². The summed E-state index contributed by atoms with van der Waals surface area (Å²) >= 11 is 0. The lowest BCUT2D eigenvalue weighted by Crippen LogP contribution is -2.04. The molecule has 0 radical (unpaired) electrons. The fourth-order valence-corrected chi connectivity index (χ4v) is 2.07. The molecule has 4 heteroatoms. The fourth-order valence-electron chi connectivity index (χ4n) is 2.07. The number of ketones is 1. The average Bonchev–Trinajstić information content (AvgIpc) is 2.49. The maximum Gasteiger partial charge on any atom is 0.195 e. The Labute approximate surface area is 115 Å². The predicted octanol–water partition coefficient (Wildman–Crippen LogP) is 3.31. The van der Waals surface area contributed by atoms with Crippen LogP contribution in [-0.4, -0.2) is 15.8 Å². The maximum atomic E-state index is 13.6. The van der Waals surface area contributed by atoms with Crippen LogP contribution in [-0.2, 0) is 0 Å². The second kappa shape index (κ2) is 4.81. The van der Waals surface area contributed by atoms with Gasteiger partial charge in [0.2, 0.25) is 0 Å². The highest BCUT2D eigenvalue weighted by molar-refractivity contribution is 6.15. The number of para-hydroxylation sites is 1. The molecule has 0 aliphatic rings. The van der Waals surface area contributed by atoms with E-state index in [4.69, 9.17) is 0 Å². The van der Waals surface area contributed by atoms with Crippen molar-refractivity contribution < 1.29 is 9.18 Å². The molecule has 2 aromatic carbocycles. The summed E-state index contributed by atoms with van der Waals surface area (Å²) in [4.78, 5) is 20.8. The van der Waals surface area contributed by atoms with E-state index < -0.39 is 0 Å². The molecule has 0 saturated carbocycles. The molecule has 0 aliphatic carbocycles. The van der Waals surface area contributed by atoms with Crippen LogP contribution in [0.25, 0.3) is 11.0 Å². The Balaban J connectivity index is 2.15. The second-order valence-corrected chi connectivity index (χ2v) is 4.52. The van der Waals surface area contributed by atoms with Crippen molar-refractivity contribution in [2.24, 2.45) is 0 Å². The van der Waals surface area contributed by atoms with Gasteiger partial charge in [0, 0.05) is 18.0 Å². The number of hydrogen-bond acceptors (Lipinski definition) is 3. The average molecular weight is 266 g/mol. The minimum absolute atomic E-state index is 0.255. The topological polar surface area (TPSA) is 42.9 Å². The summed E-state index contributed by atoms with van der Waals surface area (Å²) in [7, 11) is 0. The third kappa shape index (κ3) is 2.05. The number of aromatic nitrogens is 2. The summed E-state index contributed by atoms with van der Waals surface area (Å²) < 4.78 is 13.6. The van der Waals surface area contributed by atoms with Crippen molar-refractivity contribution in [3.63, 3.8) is 0 Å². The maximum absolute atomic E-state index is 13.6. The number of nitrogens with zero attached hydrogens (tertiary/aromatic N) is 2. The van der Waals surface area contributed by atoms with Crippen molar-refractivity contribution in [1.29, 1.82) is 0 Å². The van der Waals surface area contributed by atoms with E-state index in [-0.39, 0.29) is 11.6 Å². The number of aryl methyl sites for hydroxylation is 1. The van der Waals surface area contributed by atoms with Gasteiger partial charge < -0.3 is 0 Å². The van der Waals surface area contributed by atoms with Gasteiger partial charge in [0.15, 0.2) is 5.78 Å². The lowest BCUT2D eigenvalue weighted by Gasteiger charge is -2.05. The summed E-state index contributed by atoms with van der Waals surface area (Å²) in [5, 5.41) is 0. The number of carbonyl (C=O) groups is 1. The van der Waals surface area contributed by atoms with E-state index in [9.17, 15) is 9.18 Å². The molecule has 0 N–H and O–H groups in total. The van der Waals surface area contributed by atoms with E-state index in [0.717, 1.165) is 0 Å². The van der Waals surface area contributed by atoms with E-state index in [1.165, 1.54) is 12.3 Å². The molecule has 3 aromatic rings. The standard InChI is InChI=1S/C16H11FN2O/c1-10-5-6-11(9-13(10)17)16(20)12-3-2-4-14-15(12)19-8-7-18-14/h2-9H,1H3. The Morgan fingerprint density at radius 1 is 1.10 bits per heavy atom. The first-order valence-corrected chi connectivity index (χ1v) is 6.17. The molecule has 0 amide bonds. The SMILES string of the molecule is Cc1ccc(C(=O)c2cccc3nccnc23)cc1F. The molecule has 98 valence electrons. The molecule has 20 heavy (non-hydrogen) atoms. The minimum Gasteiger partial charge on any atom is -0.289 e. The zero-order chi connectivity index (χ0) is 14.1. The number of halogens is 1. The number of fused-ring (bicyclic) bond motifs is 1. The Hall–Kier alpha value is -2.62. The van der Waals surface area contributed by atoms with Crippen LogP contribution in [0.2, 0.25) is 0 Å². The molecule has 0 spiro atoms. The zero-order valence-corrected chi connectivity index (χ0v) is 10.8. The van der Waals surface area contributed by atoms with Crippen LogP contribution in [0.1, 0.15) is 21.5 Å². The van der Waals surface area contributed by atoms with Gasteiger partial charge in [-0.25, -0.2) is 4.39 Å². The quantitative estimate of drug-likeness (QED) is 0.668. The van der Waals surface area contributed by atoms with E-state index >= 15 is 0 Å². The number of rotatable bonds is 2. The Kier molecular flexibility index (Phi) is 2.99. The summed E-state index contributed by atoms with van der Waals surface area (Å²) in [5.74, 6) is -0.642. The van der Waals surface area contributed by atoms with Gasteiger partial charge in [-0.3, -0.25) is 14.8 Å². The van der Waals surface area contributed by atoms with E-state index in [2.05, 4.69) is 9.97 Å². The van der Waals surface area contributed by atoms with Crippen LogP contribution in [0.15, 0.2) is 48.8 Å². The van der Waals surface area contributed by atoms with Gasteiger partial charge in [-0.05, 0) is 30.7 Å². The number of benzene rings is 2. The molecule has 0 bridgehead atoms. The highest BCUT2D eigenvalue weighted by Crippen LogP contribution is 2.19. The van der Waals surface area contributed by atoms with E-state index in [1.54, 1.807) is 43.5 Å². The first-order chi connectivity index (χ1) is 9.66. The van der Waals surface area contributed by atoms with Crippen LogP contribution in [0.3, 0.4) is 0 Å². The van der Waals surface area contributed by atoms with Crippen molar-refractivity contribution >= 4 is 16.8 Å². The summed E-state index contributed by atoms with van der Waals surface area (Å²) in [6.45, 7) is 1.66. The fraction of sp³-hybridized carbons (Fsp3) is 0.0625. The minimum atomic E-state index is -0.387. The normalized spacial score (nSPS) is 10.7. The van der Waals surface area contributed by atoms with E-state index in [0.29, 0.717) is 27.7 Å². The van der Waals surface area contributed by atoms with Gasteiger partial charge in [0.1, 0.15) is 5.82 Å². The molecule has 0 aliphatic heterocycles. The third-order valence-electron chi connectivity index (χ3n) is 3.18. The molecule has 0 fully saturated rings. The molecule has 0 atom stereocenters. The molecule has 3 rings (SSSR count). The van der Waals surface area contributed by atoms with Crippen molar-refractivity contribution in [2.45, 2.75) is 6.92 Å². The van der Waals surface area contributed by atoms with E-state index in [1.807, 2.05) is 0 Å². The first kappa shape index (κ1) is 12.4. The Morgan fingerprint density at radius 3 is 2.70 bits per heavy atom. The Bertz CT molecular complexity index is 809. The van der Waals surface area contributed by atoms with Crippen LogP contribution >= 0.6 is 0 Å². The third-order valence-corrected chi connectivity index (χ3v) is 3.18. The lowest BCUT2D eigenvalue weighted by atomic mass is 10.0. The van der Waals surface area contributed by atoms with Crippen LogP contribution in [0.4, 0.5) is 4.39 Å². The summed E-state index contributed by atoms with van der Waals surface area (Å²) in [6, 6.07) is 9.68. The zero-order valence-electron chi connectivity index (χ0n) is 10.8. The summed E-state index contributed by atoms with van der Waals surface area (Å²) in [5.41, 5.74) is 2.43. The smallest absolute Gasteiger partial charge is 0.195 e. The van der Waals surface area contributed by atoms with Crippen molar-refractivity contribution in [1.82, 2.24) is 9.97 Å². The molecule has 1 heterocycles. The summed E-state index contributed by atoms with van der Waals surface area (Å²) in [6.07, 6.45) is 3.11. The molecule has 0 unspecified atom stereocenters. The van der Waals surface area contributed by atoms with Gasteiger partial charge in [-0.2, -0.15) is 0 Å². The van der Waals surface area contributed by atoms with Crippen molar-refractivity contribution in [3.8, 4) is 0 Å². The van der Waals surface area contributed by atoms with Gasteiger partial charge in [-0.15, -0.1) is 0 Å². The molecule has 1 aromatic heterocycles. The molecule has 3 nitrogen and oxygen atoms in total. The first-order valence-electron chi connectivity index (χ1n) is 6.17. The lowest BCUT2D eigenvalue weighted by molar-refractivity contribution is 0.103. The highest BCUT2D eigenvalue weighted by atomic mass is 19.1. The van der Waals surface area contributed by atoms with Crippen molar-refractivity contribution in [3.05, 3.63) is 71.3 Å². The molecular weight excluding hydrogens is 255 g/mol. The van der Waals surface area contributed by atoms with Crippen LogP contribution in [0, 0.1) is 12.7 Å². The van der Waals surface area contributed by atoms with Gasteiger partial charge >= 0.3 is 0 Å². The Morgan fingerprint density at radius 2 is 1.90 bits per heavy atom. The highest BCUT2D eigenvalue weighted by Gasteiger charge is 2.14. The largest absolute Gasteiger partial charge is 0.289 e. The van der Waals surface area contributed by atoms with Gasteiger partial charge in [0.05, 0.1) is 16.6 Å².